The molecule has 0 saturated carbocycles. The van der Waals surface area contributed by atoms with Crippen LogP contribution in [-0.4, -0.2) is 25.6 Å². The van der Waals surface area contributed by atoms with Crippen molar-refractivity contribution in [2.45, 2.75) is 6.54 Å². The van der Waals surface area contributed by atoms with Crippen molar-refractivity contribution in [1.29, 1.82) is 0 Å². The quantitative estimate of drug-likeness (QED) is 0.579. The zero-order chi connectivity index (χ0) is 19.8. The van der Waals surface area contributed by atoms with Gasteiger partial charge < -0.3 is 24.5 Å². The van der Waals surface area contributed by atoms with E-state index in [1.165, 1.54) is 7.11 Å². The molecule has 2 N–H and O–H groups in total. The average molecular weight is 380 g/mol. The van der Waals surface area contributed by atoms with Crippen LogP contribution in [0.4, 0.5) is 11.4 Å². The number of esters is 1. The molecule has 0 saturated heterocycles. The SMILES string of the molecule is COc1ccccc1NC(=O)COC(=O)c1ccccc1NCc1ccco1. The van der Waals surface area contributed by atoms with E-state index < -0.39 is 18.5 Å². The Hall–Kier alpha value is -3.74. The fraction of sp³-hybridized carbons (Fsp3) is 0.143. The van der Waals surface area contributed by atoms with Crippen LogP contribution in [0.1, 0.15) is 16.1 Å². The number of methoxy groups -OCH3 is 1. The molecule has 3 rings (SSSR count). The summed E-state index contributed by atoms with van der Waals surface area (Å²) in [4.78, 5) is 24.5. The summed E-state index contributed by atoms with van der Waals surface area (Å²) < 4.78 is 15.6. The molecule has 0 fully saturated rings. The lowest BCUT2D eigenvalue weighted by Gasteiger charge is -2.12. The lowest BCUT2D eigenvalue weighted by molar-refractivity contribution is -0.119. The van der Waals surface area contributed by atoms with Crippen molar-refractivity contribution in [3.05, 3.63) is 78.3 Å². The molecule has 0 atom stereocenters. The van der Waals surface area contributed by atoms with Crippen molar-refractivity contribution in [3.8, 4) is 5.75 Å². The molecule has 0 aliphatic carbocycles. The summed E-state index contributed by atoms with van der Waals surface area (Å²) in [5, 5.41) is 5.78. The number of benzene rings is 2. The van der Waals surface area contributed by atoms with Crippen LogP contribution in [0.2, 0.25) is 0 Å². The maximum Gasteiger partial charge on any atom is 0.340 e. The molecule has 0 spiro atoms. The number of ether oxygens (including phenoxy) is 2. The molecule has 7 nitrogen and oxygen atoms in total. The third-order valence-corrected chi connectivity index (χ3v) is 3.90. The second kappa shape index (κ2) is 9.27. The largest absolute Gasteiger partial charge is 0.495 e. The second-order valence-corrected chi connectivity index (χ2v) is 5.80. The standard InChI is InChI=1S/C21H20N2O5/c1-26-19-11-5-4-10-18(19)23-20(24)14-28-21(25)16-8-2-3-9-17(16)22-13-15-7-6-12-27-15/h2-12,22H,13-14H2,1H3,(H,23,24). The van der Waals surface area contributed by atoms with E-state index in [0.717, 1.165) is 5.76 Å². The van der Waals surface area contributed by atoms with Crippen LogP contribution < -0.4 is 15.4 Å². The zero-order valence-electron chi connectivity index (χ0n) is 15.3. The molecule has 1 heterocycles. The molecular weight excluding hydrogens is 360 g/mol. The lowest BCUT2D eigenvalue weighted by atomic mass is 10.2. The number of anilines is 2. The summed E-state index contributed by atoms with van der Waals surface area (Å²) in [5.41, 5.74) is 1.43. The molecule has 2 aromatic carbocycles. The molecule has 3 aromatic rings. The summed E-state index contributed by atoms with van der Waals surface area (Å²) in [5.74, 6) is 0.200. The van der Waals surface area contributed by atoms with E-state index in [9.17, 15) is 9.59 Å². The maximum absolute atomic E-state index is 12.4. The first-order valence-electron chi connectivity index (χ1n) is 8.62. The maximum atomic E-state index is 12.4. The Kier molecular flexibility index (Phi) is 6.30. The van der Waals surface area contributed by atoms with E-state index in [4.69, 9.17) is 13.9 Å². The van der Waals surface area contributed by atoms with Crippen molar-refractivity contribution >= 4 is 23.3 Å². The van der Waals surface area contributed by atoms with Crippen molar-refractivity contribution in [2.24, 2.45) is 0 Å². The molecule has 1 amide bonds. The number of carbonyl (C=O) groups excluding carboxylic acids is 2. The minimum Gasteiger partial charge on any atom is -0.495 e. The zero-order valence-corrected chi connectivity index (χ0v) is 15.3. The molecule has 0 bridgehead atoms. The number of amides is 1. The number of nitrogens with one attached hydrogen (secondary N) is 2. The average Bonchev–Trinajstić information content (AvgIpc) is 3.25. The summed E-state index contributed by atoms with van der Waals surface area (Å²) in [7, 11) is 1.51. The van der Waals surface area contributed by atoms with Crippen LogP contribution in [0.15, 0.2) is 71.3 Å². The van der Waals surface area contributed by atoms with Gasteiger partial charge in [-0.1, -0.05) is 24.3 Å². The number of hydrogen-bond donors (Lipinski definition) is 2. The third-order valence-electron chi connectivity index (χ3n) is 3.90. The number of para-hydroxylation sites is 3. The van der Waals surface area contributed by atoms with Crippen LogP contribution >= 0.6 is 0 Å². The van der Waals surface area contributed by atoms with E-state index >= 15 is 0 Å². The van der Waals surface area contributed by atoms with Gasteiger partial charge in [-0.2, -0.15) is 0 Å². The van der Waals surface area contributed by atoms with Gasteiger partial charge >= 0.3 is 5.97 Å². The molecule has 0 aliphatic rings. The van der Waals surface area contributed by atoms with E-state index in [1.807, 2.05) is 6.07 Å². The van der Waals surface area contributed by atoms with E-state index in [-0.39, 0.29) is 0 Å². The van der Waals surface area contributed by atoms with Gasteiger partial charge in [-0.15, -0.1) is 0 Å². The molecular formula is C21H20N2O5. The lowest BCUT2D eigenvalue weighted by Crippen LogP contribution is -2.21. The molecule has 7 heteroatoms. The molecule has 144 valence electrons. The summed E-state index contributed by atoms with van der Waals surface area (Å²) in [6.45, 7) is 0.00891. The number of carbonyl (C=O) groups is 2. The van der Waals surface area contributed by atoms with E-state index in [1.54, 1.807) is 60.9 Å². The van der Waals surface area contributed by atoms with Crippen molar-refractivity contribution < 1.29 is 23.5 Å². The van der Waals surface area contributed by atoms with Crippen molar-refractivity contribution in [1.82, 2.24) is 0 Å². The monoisotopic (exact) mass is 380 g/mol. The predicted octanol–water partition coefficient (Wildman–Crippen LogP) is 3.70. The highest BCUT2D eigenvalue weighted by Crippen LogP contribution is 2.23. The molecule has 0 radical (unpaired) electrons. The molecule has 0 unspecified atom stereocenters. The van der Waals surface area contributed by atoms with Crippen molar-refractivity contribution in [2.75, 3.05) is 24.4 Å². The Bertz CT molecular complexity index is 937. The number of rotatable bonds is 8. The molecule has 0 aliphatic heterocycles. The smallest absolute Gasteiger partial charge is 0.340 e. The minimum atomic E-state index is -0.599. The van der Waals surface area contributed by atoms with Crippen LogP contribution in [-0.2, 0) is 16.1 Å². The van der Waals surface area contributed by atoms with E-state index in [0.29, 0.717) is 29.2 Å². The summed E-state index contributed by atoms with van der Waals surface area (Å²) >= 11 is 0. The first-order valence-corrected chi connectivity index (χ1v) is 8.62. The molecule has 28 heavy (non-hydrogen) atoms. The Morgan fingerprint density at radius 2 is 1.71 bits per heavy atom. The fourth-order valence-corrected chi connectivity index (χ4v) is 2.55. The first kappa shape index (κ1) is 19.0. The van der Waals surface area contributed by atoms with E-state index in [2.05, 4.69) is 10.6 Å². The number of hydrogen-bond acceptors (Lipinski definition) is 6. The van der Waals surface area contributed by atoms with Crippen LogP contribution in [0.3, 0.4) is 0 Å². The minimum absolute atomic E-state index is 0.333. The highest BCUT2D eigenvalue weighted by molar-refractivity contribution is 5.98. The Morgan fingerprint density at radius 1 is 0.964 bits per heavy atom. The first-order chi connectivity index (χ1) is 13.7. The number of furan rings is 1. The normalized spacial score (nSPS) is 10.2. The summed E-state index contributed by atoms with van der Waals surface area (Å²) in [6, 6.07) is 17.5. The summed E-state index contributed by atoms with van der Waals surface area (Å²) in [6.07, 6.45) is 1.58. The van der Waals surface area contributed by atoms with Crippen LogP contribution in [0.5, 0.6) is 5.75 Å². The van der Waals surface area contributed by atoms with Crippen LogP contribution in [0.25, 0.3) is 0 Å². The third kappa shape index (κ3) is 4.91. The highest BCUT2D eigenvalue weighted by Gasteiger charge is 2.15. The van der Waals surface area contributed by atoms with Gasteiger partial charge in [-0.25, -0.2) is 4.79 Å². The Morgan fingerprint density at radius 3 is 2.46 bits per heavy atom. The van der Waals surface area contributed by atoms with Gasteiger partial charge in [0.15, 0.2) is 6.61 Å². The van der Waals surface area contributed by atoms with Crippen molar-refractivity contribution in [3.63, 3.8) is 0 Å². The van der Waals surface area contributed by atoms with Gasteiger partial charge in [0.1, 0.15) is 11.5 Å². The van der Waals surface area contributed by atoms with Gasteiger partial charge in [-0.3, -0.25) is 4.79 Å². The second-order valence-electron chi connectivity index (χ2n) is 5.80. The van der Waals surface area contributed by atoms with Gasteiger partial charge in [0.25, 0.3) is 5.91 Å². The fourth-order valence-electron chi connectivity index (χ4n) is 2.55. The predicted molar refractivity (Wildman–Crippen MR) is 104 cm³/mol. The van der Waals surface area contributed by atoms with Gasteiger partial charge in [0.2, 0.25) is 0 Å². The van der Waals surface area contributed by atoms with Gasteiger partial charge in [-0.05, 0) is 36.4 Å². The molecule has 1 aromatic heterocycles. The van der Waals surface area contributed by atoms with Gasteiger partial charge in [0, 0.05) is 5.69 Å². The Labute approximate surface area is 162 Å². The topological polar surface area (TPSA) is 89.8 Å². The Balaban J connectivity index is 1.58. The van der Waals surface area contributed by atoms with Crippen LogP contribution in [0, 0.1) is 0 Å². The highest BCUT2D eigenvalue weighted by atomic mass is 16.5. The van der Waals surface area contributed by atoms with Gasteiger partial charge in [0.05, 0.1) is 31.2 Å².